The second-order valence-electron chi connectivity index (χ2n) is 6.77. The molecule has 2 aliphatic heterocycles. The van der Waals surface area contributed by atoms with E-state index in [9.17, 15) is 9.59 Å². The standard InChI is InChI=1S/C19H27N3O3/c1-20-18(23)16-13-21(17-7-11-25-12-8-17)9-10-22(14-16)19(24)15-5-3-2-4-6-15/h2-6,16-17H,7-14H2,1H3,(H,20,23). The van der Waals surface area contributed by atoms with Crippen molar-refractivity contribution in [3.8, 4) is 0 Å². The fourth-order valence-electron chi connectivity index (χ4n) is 3.74. The summed E-state index contributed by atoms with van der Waals surface area (Å²) >= 11 is 0. The van der Waals surface area contributed by atoms with Crippen LogP contribution in [0.25, 0.3) is 0 Å². The van der Waals surface area contributed by atoms with Gasteiger partial charge in [0.2, 0.25) is 5.91 Å². The van der Waals surface area contributed by atoms with E-state index >= 15 is 0 Å². The summed E-state index contributed by atoms with van der Waals surface area (Å²) in [6.07, 6.45) is 1.99. The molecule has 1 aromatic carbocycles. The van der Waals surface area contributed by atoms with Crippen molar-refractivity contribution in [3.63, 3.8) is 0 Å². The molecule has 0 saturated carbocycles. The van der Waals surface area contributed by atoms with E-state index in [0.717, 1.165) is 32.6 Å². The predicted molar refractivity (Wildman–Crippen MR) is 95.3 cm³/mol. The fourth-order valence-corrected chi connectivity index (χ4v) is 3.74. The molecule has 2 aliphatic rings. The lowest BCUT2D eigenvalue weighted by atomic mass is 10.0. The Labute approximate surface area is 149 Å². The van der Waals surface area contributed by atoms with Gasteiger partial charge in [-0.3, -0.25) is 14.5 Å². The molecule has 0 aromatic heterocycles. The minimum atomic E-state index is -0.206. The first-order valence-electron chi connectivity index (χ1n) is 9.06. The lowest BCUT2D eigenvalue weighted by Crippen LogP contribution is -2.45. The zero-order valence-corrected chi connectivity index (χ0v) is 14.8. The molecule has 136 valence electrons. The van der Waals surface area contributed by atoms with Crippen LogP contribution in [0.15, 0.2) is 30.3 Å². The monoisotopic (exact) mass is 345 g/mol. The van der Waals surface area contributed by atoms with Crippen LogP contribution in [0, 0.1) is 5.92 Å². The van der Waals surface area contributed by atoms with Gasteiger partial charge in [-0.25, -0.2) is 0 Å². The van der Waals surface area contributed by atoms with Crippen molar-refractivity contribution >= 4 is 11.8 Å². The Hall–Kier alpha value is -1.92. The predicted octanol–water partition coefficient (Wildman–Crippen LogP) is 0.986. The summed E-state index contributed by atoms with van der Waals surface area (Å²) in [6, 6.07) is 9.74. The molecule has 6 heteroatoms. The minimum absolute atomic E-state index is 0.00308. The molecule has 2 amide bonds. The molecule has 1 atom stereocenters. The normalized spacial score (nSPS) is 23.1. The lowest BCUT2D eigenvalue weighted by Gasteiger charge is -2.34. The number of carbonyl (C=O) groups is 2. The van der Waals surface area contributed by atoms with E-state index in [1.54, 1.807) is 7.05 Å². The molecule has 1 aromatic rings. The van der Waals surface area contributed by atoms with Gasteiger partial charge in [0, 0.05) is 58.0 Å². The fraction of sp³-hybridized carbons (Fsp3) is 0.579. The highest BCUT2D eigenvalue weighted by Gasteiger charge is 2.33. The van der Waals surface area contributed by atoms with Crippen molar-refractivity contribution < 1.29 is 14.3 Å². The van der Waals surface area contributed by atoms with Gasteiger partial charge in [0.05, 0.1) is 5.92 Å². The van der Waals surface area contributed by atoms with Crippen LogP contribution >= 0.6 is 0 Å². The maximum Gasteiger partial charge on any atom is 0.253 e. The van der Waals surface area contributed by atoms with Crippen molar-refractivity contribution in [3.05, 3.63) is 35.9 Å². The smallest absolute Gasteiger partial charge is 0.253 e. The molecule has 6 nitrogen and oxygen atoms in total. The summed E-state index contributed by atoms with van der Waals surface area (Å²) in [5.74, 6) is -0.198. The number of nitrogens with one attached hydrogen (secondary N) is 1. The lowest BCUT2D eigenvalue weighted by molar-refractivity contribution is -0.125. The average molecular weight is 345 g/mol. The number of hydrogen-bond donors (Lipinski definition) is 1. The van der Waals surface area contributed by atoms with Gasteiger partial charge in [-0.15, -0.1) is 0 Å². The van der Waals surface area contributed by atoms with Gasteiger partial charge < -0.3 is 15.0 Å². The summed E-state index contributed by atoms with van der Waals surface area (Å²) in [7, 11) is 1.66. The highest BCUT2D eigenvalue weighted by atomic mass is 16.5. The third kappa shape index (κ3) is 4.38. The van der Waals surface area contributed by atoms with Gasteiger partial charge >= 0.3 is 0 Å². The van der Waals surface area contributed by atoms with Crippen molar-refractivity contribution in [1.82, 2.24) is 15.1 Å². The van der Waals surface area contributed by atoms with Crippen molar-refractivity contribution in [2.75, 3.05) is 46.4 Å². The molecule has 1 N–H and O–H groups in total. The molecule has 1 unspecified atom stereocenters. The van der Waals surface area contributed by atoms with E-state index in [1.165, 1.54) is 0 Å². The summed E-state index contributed by atoms with van der Waals surface area (Å²) in [6.45, 7) is 4.17. The molecule has 3 rings (SSSR count). The Kier molecular flexibility index (Phi) is 6.04. The zero-order valence-electron chi connectivity index (χ0n) is 14.8. The molecule has 2 saturated heterocycles. The third-order valence-corrected chi connectivity index (χ3v) is 5.19. The van der Waals surface area contributed by atoms with E-state index in [1.807, 2.05) is 35.2 Å². The largest absolute Gasteiger partial charge is 0.381 e. The average Bonchev–Trinajstić information content (AvgIpc) is 2.91. The number of ether oxygens (including phenoxy) is 1. The minimum Gasteiger partial charge on any atom is -0.381 e. The molecule has 25 heavy (non-hydrogen) atoms. The van der Waals surface area contributed by atoms with Crippen LogP contribution in [0.4, 0.5) is 0 Å². The van der Waals surface area contributed by atoms with Gasteiger partial charge in [0.15, 0.2) is 0 Å². The van der Waals surface area contributed by atoms with Crippen LogP contribution in [0.2, 0.25) is 0 Å². The molecule has 2 heterocycles. The molecular formula is C19H27N3O3. The van der Waals surface area contributed by atoms with Crippen LogP contribution in [-0.2, 0) is 9.53 Å². The second-order valence-corrected chi connectivity index (χ2v) is 6.77. The number of nitrogens with zero attached hydrogens (tertiary/aromatic N) is 2. The Bertz CT molecular complexity index is 587. The van der Waals surface area contributed by atoms with Crippen molar-refractivity contribution in [2.45, 2.75) is 18.9 Å². The quantitative estimate of drug-likeness (QED) is 0.887. The van der Waals surface area contributed by atoms with E-state index in [2.05, 4.69) is 10.2 Å². The van der Waals surface area contributed by atoms with Crippen LogP contribution in [-0.4, -0.2) is 74.1 Å². The maximum absolute atomic E-state index is 12.8. The SMILES string of the molecule is CNC(=O)C1CN(C(=O)c2ccccc2)CCN(C2CCOCC2)C1. The Morgan fingerprint density at radius 2 is 1.80 bits per heavy atom. The molecule has 0 aliphatic carbocycles. The van der Waals surface area contributed by atoms with E-state index in [-0.39, 0.29) is 17.7 Å². The maximum atomic E-state index is 12.8. The Balaban J connectivity index is 1.75. The number of carbonyl (C=O) groups excluding carboxylic acids is 2. The van der Waals surface area contributed by atoms with E-state index in [4.69, 9.17) is 4.74 Å². The van der Waals surface area contributed by atoms with E-state index < -0.39 is 0 Å². The number of hydrogen-bond acceptors (Lipinski definition) is 4. The van der Waals surface area contributed by atoms with Gasteiger partial charge in [-0.2, -0.15) is 0 Å². The van der Waals surface area contributed by atoms with Crippen molar-refractivity contribution in [2.24, 2.45) is 5.92 Å². The van der Waals surface area contributed by atoms with Gasteiger partial charge in [-0.05, 0) is 25.0 Å². The zero-order chi connectivity index (χ0) is 17.6. The van der Waals surface area contributed by atoms with Crippen LogP contribution in [0.3, 0.4) is 0 Å². The highest BCUT2D eigenvalue weighted by Crippen LogP contribution is 2.20. The summed E-state index contributed by atoms with van der Waals surface area (Å²) in [5, 5.41) is 2.76. The summed E-state index contributed by atoms with van der Waals surface area (Å²) < 4.78 is 5.46. The topological polar surface area (TPSA) is 61.9 Å². The second kappa shape index (κ2) is 8.45. The Morgan fingerprint density at radius 1 is 1.08 bits per heavy atom. The number of benzene rings is 1. The Morgan fingerprint density at radius 3 is 2.48 bits per heavy atom. The molecule has 0 bridgehead atoms. The number of rotatable bonds is 3. The van der Waals surface area contributed by atoms with Gasteiger partial charge in [0.25, 0.3) is 5.91 Å². The molecule has 2 fully saturated rings. The van der Waals surface area contributed by atoms with Crippen LogP contribution in [0.1, 0.15) is 23.2 Å². The summed E-state index contributed by atoms with van der Waals surface area (Å²) in [5.41, 5.74) is 0.678. The molecule has 0 spiro atoms. The first-order chi connectivity index (χ1) is 12.2. The van der Waals surface area contributed by atoms with Crippen LogP contribution < -0.4 is 5.32 Å². The third-order valence-electron chi connectivity index (χ3n) is 5.19. The first kappa shape index (κ1) is 17.9. The summed E-state index contributed by atoms with van der Waals surface area (Å²) in [4.78, 5) is 29.4. The van der Waals surface area contributed by atoms with Gasteiger partial charge in [-0.1, -0.05) is 18.2 Å². The highest BCUT2D eigenvalue weighted by molar-refractivity contribution is 5.94. The first-order valence-corrected chi connectivity index (χ1v) is 9.06. The van der Waals surface area contributed by atoms with Crippen molar-refractivity contribution in [1.29, 1.82) is 0 Å². The van der Waals surface area contributed by atoms with Gasteiger partial charge in [0.1, 0.15) is 0 Å². The molecular weight excluding hydrogens is 318 g/mol. The molecule has 0 radical (unpaired) electrons. The number of amides is 2. The van der Waals surface area contributed by atoms with Crippen LogP contribution in [0.5, 0.6) is 0 Å². The van der Waals surface area contributed by atoms with E-state index in [0.29, 0.717) is 31.2 Å².